The molecular formula is C24H24FNO4. The Morgan fingerprint density at radius 1 is 1.10 bits per heavy atom. The third-order valence-electron chi connectivity index (χ3n) is 5.61. The maximum Gasteiger partial charge on any atom is 0.234 e. The summed E-state index contributed by atoms with van der Waals surface area (Å²) in [7, 11) is 0. The largest absolute Gasteiger partial charge is 0.487 e. The van der Waals surface area contributed by atoms with E-state index in [1.54, 1.807) is 30.3 Å². The van der Waals surface area contributed by atoms with E-state index in [9.17, 15) is 14.0 Å². The zero-order valence-corrected chi connectivity index (χ0v) is 16.7. The molecule has 0 spiro atoms. The molecule has 2 heterocycles. The quantitative estimate of drug-likeness (QED) is 0.430. The Morgan fingerprint density at radius 3 is 2.60 bits per heavy atom. The van der Waals surface area contributed by atoms with Gasteiger partial charge >= 0.3 is 0 Å². The molecule has 0 bridgehead atoms. The van der Waals surface area contributed by atoms with E-state index in [0.717, 1.165) is 38.9 Å². The Labute approximate surface area is 174 Å². The van der Waals surface area contributed by atoms with Crippen LogP contribution < -0.4 is 10.2 Å². The molecule has 156 valence electrons. The van der Waals surface area contributed by atoms with Crippen LogP contribution in [0.4, 0.5) is 4.39 Å². The minimum Gasteiger partial charge on any atom is -0.487 e. The Bertz CT molecular complexity index is 1070. The van der Waals surface area contributed by atoms with Gasteiger partial charge in [0, 0.05) is 18.0 Å². The first-order valence-electron chi connectivity index (χ1n) is 10.3. The molecule has 3 aromatic rings. The summed E-state index contributed by atoms with van der Waals surface area (Å²) in [5.41, 5.74) is 0.974. The van der Waals surface area contributed by atoms with Crippen LogP contribution in [0.2, 0.25) is 0 Å². The summed E-state index contributed by atoms with van der Waals surface area (Å²) in [6, 6.07) is 12.9. The molecule has 30 heavy (non-hydrogen) atoms. The maximum absolute atomic E-state index is 13.0. The Hall–Kier alpha value is -2.99. The lowest BCUT2D eigenvalue weighted by Crippen LogP contribution is -2.37. The number of carbonyl (C=O) groups is 1. The van der Waals surface area contributed by atoms with Crippen LogP contribution in [0, 0.1) is 11.7 Å². The number of hydrogen-bond donors (Lipinski definition) is 0. The summed E-state index contributed by atoms with van der Waals surface area (Å²) in [6.07, 6.45) is 3.75. The van der Waals surface area contributed by atoms with E-state index in [-0.39, 0.29) is 28.7 Å². The van der Waals surface area contributed by atoms with Crippen molar-refractivity contribution < 1.29 is 18.3 Å². The molecule has 2 aromatic carbocycles. The molecule has 0 atom stereocenters. The molecule has 1 aliphatic heterocycles. The van der Waals surface area contributed by atoms with Crippen LogP contribution in [0.1, 0.15) is 29.6 Å². The van der Waals surface area contributed by atoms with Crippen LogP contribution in [-0.4, -0.2) is 36.9 Å². The molecule has 4 rings (SSSR count). The number of halogens is 1. The van der Waals surface area contributed by atoms with Gasteiger partial charge in [-0.25, -0.2) is 4.39 Å². The third kappa shape index (κ3) is 4.60. The van der Waals surface area contributed by atoms with Gasteiger partial charge in [0.1, 0.15) is 17.7 Å². The molecular weight excluding hydrogens is 385 g/mol. The molecule has 6 heteroatoms. The average Bonchev–Trinajstić information content (AvgIpc) is 2.79. The van der Waals surface area contributed by atoms with Crippen molar-refractivity contribution in [1.29, 1.82) is 0 Å². The summed E-state index contributed by atoms with van der Waals surface area (Å²) >= 11 is 0. The maximum atomic E-state index is 13.0. The lowest BCUT2D eigenvalue weighted by molar-refractivity contribution is 0.0835. The smallest absolute Gasteiger partial charge is 0.234 e. The molecule has 1 fully saturated rings. The van der Waals surface area contributed by atoms with Crippen LogP contribution in [0.3, 0.4) is 0 Å². The summed E-state index contributed by atoms with van der Waals surface area (Å²) < 4.78 is 24.1. The van der Waals surface area contributed by atoms with Gasteiger partial charge in [-0.1, -0.05) is 12.1 Å². The molecule has 1 saturated heterocycles. The van der Waals surface area contributed by atoms with Gasteiger partial charge in [0.2, 0.25) is 11.2 Å². The molecule has 0 saturated carbocycles. The predicted octanol–water partition coefficient (Wildman–Crippen LogP) is 4.30. The second-order valence-electron chi connectivity index (χ2n) is 7.61. The number of carbonyl (C=O) groups excluding carboxylic acids is 1. The summed E-state index contributed by atoms with van der Waals surface area (Å²) in [5, 5.41) is 0.517. The number of para-hydroxylation sites is 1. The number of benzene rings is 2. The van der Waals surface area contributed by atoms with Gasteiger partial charge in [0.25, 0.3) is 0 Å². The number of hydrogen-bond acceptors (Lipinski definition) is 5. The van der Waals surface area contributed by atoms with Gasteiger partial charge in [-0.3, -0.25) is 9.59 Å². The SMILES string of the molecule is O=C(c1ccc(F)cc1)C1CCN(CCCOc2coc3ccccc3c2=O)CC1. The first-order chi connectivity index (χ1) is 14.6. The molecule has 0 unspecified atom stereocenters. The number of ketones is 1. The van der Waals surface area contributed by atoms with E-state index in [1.807, 2.05) is 6.07 Å². The van der Waals surface area contributed by atoms with Gasteiger partial charge in [-0.05, 0) is 68.8 Å². The van der Waals surface area contributed by atoms with E-state index in [4.69, 9.17) is 9.15 Å². The summed E-state index contributed by atoms with van der Waals surface area (Å²) in [6.45, 7) is 2.96. The normalized spacial score (nSPS) is 15.4. The van der Waals surface area contributed by atoms with E-state index < -0.39 is 0 Å². The molecule has 0 radical (unpaired) electrons. The fraction of sp³-hybridized carbons (Fsp3) is 0.333. The summed E-state index contributed by atoms with van der Waals surface area (Å²) in [5.74, 6) is -0.00596. The number of Topliss-reactive ketones (excluding diaryl/α,β-unsaturated/α-hetero) is 1. The predicted molar refractivity (Wildman–Crippen MR) is 112 cm³/mol. The standard InChI is InChI=1S/C24H24FNO4/c25-19-8-6-17(7-9-19)23(27)18-10-13-26(14-11-18)12-3-15-29-22-16-30-21-5-2-1-4-20(21)24(22)28/h1-2,4-9,16,18H,3,10-15H2. The number of ether oxygens (including phenoxy) is 1. The van der Waals surface area contributed by atoms with Crippen molar-refractivity contribution >= 4 is 16.8 Å². The fourth-order valence-electron chi connectivity index (χ4n) is 3.90. The van der Waals surface area contributed by atoms with Crippen LogP contribution >= 0.6 is 0 Å². The highest BCUT2D eigenvalue weighted by Gasteiger charge is 2.25. The van der Waals surface area contributed by atoms with Crippen LogP contribution in [0.25, 0.3) is 11.0 Å². The van der Waals surface area contributed by atoms with E-state index in [2.05, 4.69) is 4.90 Å². The molecule has 1 aromatic heterocycles. The number of piperidine rings is 1. The highest BCUT2D eigenvalue weighted by Crippen LogP contribution is 2.22. The molecule has 0 aliphatic carbocycles. The molecule has 1 aliphatic rings. The first-order valence-corrected chi connectivity index (χ1v) is 10.3. The minimum atomic E-state index is -0.329. The van der Waals surface area contributed by atoms with Crippen molar-refractivity contribution in [1.82, 2.24) is 4.90 Å². The number of rotatable bonds is 7. The zero-order valence-electron chi connectivity index (χ0n) is 16.7. The van der Waals surface area contributed by atoms with Crippen molar-refractivity contribution in [2.75, 3.05) is 26.2 Å². The van der Waals surface area contributed by atoms with Crippen molar-refractivity contribution in [2.24, 2.45) is 5.92 Å². The fourth-order valence-corrected chi connectivity index (χ4v) is 3.90. The molecule has 5 nitrogen and oxygen atoms in total. The van der Waals surface area contributed by atoms with Crippen molar-refractivity contribution in [3.05, 3.63) is 76.4 Å². The molecule has 0 amide bonds. The van der Waals surface area contributed by atoms with Gasteiger partial charge < -0.3 is 14.1 Å². The third-order valence-corrected chi connectivity index (χ3v) is 5.61. The van der Waals surface area contributed by atoms with Gasteiger partial charge in [-0.2, -0.15) is 0 Å². The second-order valence-corrected chi connectivity index (χ2v) is 7.61. The van der Waals surface area contributed by atoms with E-state index in [1.165, 1.54) is 18.4 Å². The Kier molecular flexibility index (Phi) is 6.23. The van der Waals surface area contributed by atoms with E-state index >= 15 is 0 Å². The van der Waals surface area contributed by atoms with Gasteiger partial charge in [0.15, 0.2) is 5.78 Å². The zero-order chi connectivity index (χ0) is 20.9. The van der Waals surface area contributed by atoms with Gasteiger partial charge in [0.05, 0.1) is 12.0 Å². The lowest BCUT2D eigenvalue weighted by Gasteiger charge is -2.31. The van der Waals surface area contributed by atoms with E-state index in [0.29, 0.717) is 23.1 Å². The number of nitrogens with zero attached hydrogens (tertiary/aromatic N) is 1. The summed E-state index contributed by atoms with van der Waals surface area (Å²) in [4.78, 5) is 27.3. The Balaban J connectivity index is 1.22. The van der Waals surface area contributed by atoms with Crippen molar-refractivity contribution in [2.45, 2.75) is 19.3 Å². The minimum absolute atomic E-state index is 0.00908. The van der Waals surface area contributed by atoms with Crippen LogP contribution in [-0.2, 0) is 0 Å². The number of fused-ring (bicyclic) bond motifs is 1. The molecule has 0 N–H and O–H groups in total. The monoisotopic (exact) mass is 409 g/mol. The van der Waals surface area contributed by atoms with Crippen molar-refractivity contribution in [3.8, 4) is 5.75 Å². The van der Waals surface area contributed by atoms with Crippen molar-refractivity contribution in [3.63, 3.8) is 0 Å². The highest BCUT2D eigenvalue weighted by atomic mass is 19.1. The van der Waals surface area contributed by atoms with Crippen LogP contribution in [0.15, 0.2) is 64.0 Å². The lowest BCUT2D eigenvalue weighted by atomic mass is 9.89. The Morgan fingerprint density at radius 2 is 1.83 bits per heavy atom. The topological polar surface area (TPSA) is 59.8 Å². The second kappa shape index (κ2) is 9.22. The number of likely N-dealkylation sites (tertiary alicyclic amines) is 1. The van der Waals surface area contributed by atoms with Crippen LogP contribution in [0.5, 0.6) is 5.75 Å². The highest BCUT2D eigenvalue weighted by molar-refractivity contribution is 5.97. The van der Waals surface area contributed by atoms with Gasteiger partial charge in [-0.15, -0.1) is 0 Å². The average molecular weight is 409 g/mol. The first kappa shape index (κ1) is 20.3.